The molecule has 1 fully saturated rings. The van der Waals surface area contributed by atoms with Gasteiger partial charge in [0.2, 0.25) is 0 Å². The lowest BCUT2D eigenvalue weighted by Crippen LogP contribution is -2.44. The van der Waals surface area contributed by atoms with Crippen molar-refractivity contribution in [2.75, 3.05) is 27.2 Å². The molecule has 0 aromatic carbocycles. The fraction of sp³-hybridized carbons (Fsp3) is 0.538. The number of aromatic nitrogens is 1. The topological polar surface area (TPSA) is 36.4 Å². The molecule has 98 valence electrons. The Morgan fingerprint density at radius 3 is 2.67 bits per heavy atom. The van der Waals surface area contributed by atoms with Gasteiger partial charge in [-0.15, -0.1) is 0 Å². The third-order valence-corrected chi connectivity index (χ3v) is 3.79. The van der Waals surface area contributed by atoms with Crippen LogP contribution in [0.3, 0.4) is 0 Å². The Balaban J connectivity index is 2.02. The molecule has 1 saturated heterocycles. The largest absolute Gasteiger partial charge is 0.338 e. The first kappa shape index (κ1) is 13.3. The van der Waals surface area contributed by atoms with Gasteiger partial charge in [-0.1, -0.05) is 11.6 Å². The summed E-state index contributed by atoms with van der Waals surface area (Å²) >= 11 is 6.00. The molecule has 0 radical (unpaired) electrons. The highest BCUT2D eigenvalue weighted by Crippen LogP contribution is 2.20. The summed E-state index contributed by atoms with van der Waals surface area (Å²) in [5.74, 6) is 0.0135. The van der Waals surface area contributed by atoms with Gasteiger partial charge in [0.15, 0.2) is 0 Å². The first-order valence-corrected chi connectivity index (χ1v) is 6.52. The van der Waals surface area contributed by atoms with Gasteiger partial charge in [-0.2, -0.15) is 0 Å². The molecule has 0 atom stereocenters. The summed E-state index contributed by atoms with van der Waals surface area (Å²) in [5.41, 5.74) is 0.551. The molecule has 1 aliphatic heterocycles. The van der Waals surface area contributed by atoms with Crippen LogP contribution in [0, 0.1) is 0 Å². The predicted octanol–water partition coefficient (Wildman–Crippen LogP) is 1.90. The van der Waals surface area contributed by atoms with Crippen LogP contribution in [0.4, 0.5) is 0 Å². The summed E-state index contributed by atoms with van der Waals surface area (Å²) in [7, 11) is 4.17. The van der Waals surface area contributed by atoms with Crippen molar-refractivity contribution in [1.82, 2.24) is 14.8 Å². The van der Waals surface area contributed by atoms with Crippen LogP contribution in [-0.4, -0.2) is 53.9 Å². The number of hydrogen-bond donors (Lipinski definition) is 0. The average molecular weight is 268 g/mol. The molecular weight excluding hydrogens is 250 g/mol. The van der Waals surface area contributed by atoms with Gasteiger partial charge in [-0.3, -0.25) is 9.78 Å². The average Bonchev–Trinajstić information content (AvgIpc) is 2.38. The second kappa shape index (κ2) is 5.67. The first-order valence-electron chi connectivity index (χ1n) is 6.15. The quantitative estimate of drug-likeness (QED) is 0.821. The third-order valence-electron chi connectivity index (χ3n) is 3.48. The Bertz CT molecular complexity index is 428. The molecular formula is C13H18ClN3O. The number of hydrogen-bond acceptors (Lipinski definition) is 3. The number of pyridine rings is 1. The number of halogens is 1. The second-order valence-corrected chi connectivity index (χ2v) is 5.25. The molecule has 1 aromatic heterocycles. The van der Waals surface area contributed by atoms with Crippen LogP contribution in [0.25, 0.3) is 0 Å². The summed E-state index contributed by atoms with van der Waals surface area (Å²) < 4.78 is 0. The standard InChI is InChI=1S/C13H18ClN3O/c1-16(2)10-4-7-17(8-5-10)13(18)11-3-6-15-9-12(11)14/h3,6,9-10H,4-5,7-8H2,1-2H3. The minimum absolute atomic E-state index is 0.0135. The van der Waals surface area contributed by atoms with Crippen LogP contribution in [0.5, 0.6) is 0 Å². The molecule has 0 saturated carbocycles. The maximum atomic E-state index is 12.3. The number of carbonyl (C=O) groups excluding carboxylic acids is 1. The summed E-state index contributed by atoms with van der Waals surface area (Å²) in [6.07, 6.45) is 5.15. The Morgan fingerprint density at radius 2 is 2.11 bits per heavy atom. The van der Waals surface area contributed by atoms with Crippen molar-refractivity contribution in [2.45, 2.75) is 18.9 Å². The van der Waals surface area contributed by atoms with E-state index in [9.17, 15) is 4.79 Å². The van der Waals surface area contributed by atoms with Crippen LogP contribution in [0.2, 0.25) is 5.02 Å². The van der Waals surface area contributed by atoms with Gasteiger partial charge >= 0.3 is 0 Å². The zero-order valence-electron chi connectivity index (χ0n) is 10.8. The highest BCUT2D eigenvalue weighted by Gasteiger charge is 2.25. The monoisotopic (exact) mass is 267 g/mol. The van der Waals surface area contributed by atoms with Crippen LogP contribution < -0.4 is 0 Å². The molecule has 0 aliphatic carbocycles. The Hall–Kier alpha value is -1.13. The smallest absolute Gasteiger partial charge is 0.255 e. The van der Waals surface area contributed by atoms with E-state index in [4.69, 9.17) is 11.6 Å². The van der Waals surface area contributed by atoms with E-state index < -0.39 is 0 Å². The zero-order chi connectivity index (χ0) is 13.1. The Kier molecular flexibility index (Phi) is 4.19. The highest BCUT2D eigenvalue weighted by atomic mass is 35.5. The number of likely N-dealkylation sites (tertiary alicyclic amines) is 1. The lowest BCUT2D eigenvalue weighted by atomic mass is 10.0. The molecule has 0 spiro atoms. The normalized spacial score (nSPS) is 17.2. The van der Waals surface area contributed by atoms with Crippen LogP contribution >= 0.6 is 11.6 Å². The van der Waals surface area contributed by atoms with Gasteiger partial charge in [0.25, 0.3) is 5.91 Å². The van der Waals surface area contributed by atoms with Gasteiger partial charge in [-0.05, 0) is 33.0 Å². The van der Waals surface area contributed by atoms with Crippen molar-refractivity contribution in [3.05, 3.63) is 29.0 Å². The van der Waals surface area contributed by atoms with Gasteiger partial charge in [-0.25, -0.2) is 0 Å². The van der Waals surface area contributed by atoms with Crippen LogP contribution in [-0.2, 0) is 0 Å². The third kappa shape index (κ3) is 2.82. The first-order chi connectivity index (χ1) is 8.59. The summed E-state index contributed by atoms with van der Waals surface area (Å²) in [4.78, 5) is 20.3. The Morgan fingerprint density at radius 1 is 1.44 bits per heavy atom. The maximum absolute atomic E-state index is 12.3. The second-order valence-electron chi connectivity index (χ2n) is 4.84. The molecule has 18 heavy (non-hydrogen) atoms. The van der Waals surface area contributed by atoms with E-state index in [0.29, 0.717) is 16.6 Å². The molecule has 1 aromatic rings. The lowest BCUT2D eigenvalue weighted by molar-refractivity contribution is 0.0663. The van der Waals surface area contributed by atoms with Crippen molar-refractivity contribution in [3.8, 4) is 0 Å². The van der Waals surface area contributed by atoms with Crippen molar-refractivity contribution in [1.29, 1.82) is 0 Å². The molecule has 0 N–H and O–H groups in total. The van der Waals surface area contributed by atoms with Crippen molar-refractivity contribution >= 4 is 17.5 Å². The Labute approximate surface area is 113 Å². The van der Waals surface area contributed by atoms with Crippen LogP contribution in [0.1, 0.15) is 23.2 Å². The fourth-order valence-corrected chi connectivity index (χ4v) is 2.50. The van der Waals surface area contributed by atoms with Crippen molar-refractivity contribution in [3.63, 3.8) is 0 Å². The van der Waals surface area contributed by atoms with Gasteiger partial charge in [0, 0.05) is 31.5 Å². The lowest BCUT2D eigenvalue weighted by Gasteiger charge is -2.35. The molecule has 1 amide bonds. The van der Waals surface area contributed by atoms with E-state index in [1.165, 1.54) is 6.20 Å². The van der Waals surface area contributed by atoms with Gasteiger partial charge in [0.05, 0.1) is 10.6 Å². The molecule has 0 unspecified atom stereocenters. The van der Waals surface area contributed by atoms with Gasteiger partial charge < -0.3 is 9.80 Å². The molecule has 0 bridgehead atoms. The molecule has 2 rings (SSSR count). The minimum Gasteiger partial charge on any atom is -0.338 e. The van der Waals surface area contributed by atoms with E-state index in [-0.39, 0.29) is 5.91 Å². The summed E-state index contributed by atoms with van der Waals surface area (Å²) in [6, 6.07) is 2.25. The highest BCUT2D eigenvalue weighted by molar-refractivity contribution is 6.33. The van der Waals surface area contributed by atoms with Crippen molar-refractivity contribution < 1.29 is 4.79 Å². The van der Waals surface area contributed by atoms with Crippen LogP contribution in [0.15, 0.2) is 18.5 Å². The van der Waals surface area contributed by atoms with E-state index >= 15 is 0 Å². The minimum atomic E-state index is 0.0135. The number of amides is 1. The summed E-state index contributed by atoms with van der Waals surface area (Å²) in [5, 5.41) is 0.428. The predicted molar refractivity (Wildman–Crippen MR) is 71.9 cm³/mol. The van der Waals surface area contributed by atoms with Crippen molar-refractivity contribution in [2.24, 2.45) is 0 Å². The SMILES string of the molecule is CN(C)C1CCN(C(=O)c2ccncc2Cl)CC1. The van der Waals surface area contributed by atoms with E-state index in [1.54, 1.807) is 12.3 Å². The number of nitrogens with zero attached hydrogens (tertiary/aromatic N) is 3. The zero-order valence-corrected chi connectivity index (χ0v) is 11.5. The maximum Gasteiger partial charge on any atom is 0.255 e. The summed E-state index contributed by atoms with van der Waals surface area (Å²) in [6.45, 7) is 1.58. The van der Waals surface area contributed by atoms with E-state index in [0.717, 1.165) is 25.9 Å². The molecule has 1 aliphatic rings. The number of rotatable bonds is 2. The number of piperidine rings is 1. The van der Waals surface area contributed by atoms with E-state index in [2.05, 4.69) is 24.0 Å². The molecule has 5 heteroatoms. The number of carbonyl (C=O) groups is 1. The molecule has 4 nitrogen and oxygen atoms in total. The fourth-order valence-electron chi connectivity index (χ4n) is 2.30. The van der Waals surface area contributed by atoms with Gasteiger partial charge in [0.1, 0.15) is 0 Å². The molecule has 2 heterocycles. The van der Waals surface area contributed by atoms with E-state index in [1.807, 2.05) is 4.90 Å².